The van der Waals surface area contributed by atoms with Gasteiger partial charge in [0, 0.05) is 13.1 Å². The minimum atomic E-state index is -0.776. The lowest BCUT2D eigenvalue weighted by atomic mass is 9.88. The average Bonchev–Trinajstić information content (AvgIpc) is 3.65. The molecule has 0 aromatic rings. The summed E-state index contributed by atoms with van der Waals surface area (Å²) < 4.78 is 41.0. The van der Waals surface area contributed by atoms with Gasteiger partial charge in [0.2, 0.25) is 0 Å². The van der Waals surface area contributed by atoms with E-state index in [0.29, 0.717) is 38.8 Å². The van der Waals surface area contributed by atoms with Crippen LogP contribution in [0, 0.1) is 10.8 Å². The van der Waals surface area contributed by atoms with Gasteiger partial charge in [-0.2, -0.15) is 0 Å². The lowest BCUT2D eigenvalue weighted by Crippen LogP contribution is -2.39. The van der Waals surface area contributed by atoms with Gasteiger partial charge >= 0.3 is 24.5 Å². The molecule has 2 rings (SSSR count). The number of cyclic esters (lactones) is 4. The third-order valence-corrected chi connectivity index (χ3v) is 7.56. The normalized spacial score (nSPS) is 20.4. The van der Waals surface area contributed by atoms with Crippen LogP contribution in [0.25, 0.3) is 0 Å². The largest absolute Gasteiger partial charge is 0.508 e. The minimum Gasteiger partial charge on any atom is -0.449 e. The first-order valence-corrected chi connectivity index (χ1v) is 15.0. The molecule has 0 saturated carbocycles. The molecule has 4 atom stereocenters. The van der Waals surface area contributed by atoms with E-state index >= 15 is 0 Å². The fourth-order valence-corrected chi connectivity index (χ4v) is 4.13. The molecule has 16 heteroatoms. The lowest BCUT2D eigenvalue weighted by molar-refractivity contribution is -0.0507. The Balaban J connectivity index is 1.50. The number of unbranched alkanes of at least 4 members (excludes halogenated alkanes) is 3. The fourth-order valence-electron chi connectivity index (χ4n) is 4.13. The average molecular weight is 637 g/mol. The van der Waals surface area contributed by atoms with Gasteiger partial charge < -0.3 is 58.7 Å². The molecular formula is C28H48N2O14. The van der Waals surface area contributed by atoms with Crippen molar-refractivity contribution in [2.75, 3.05) is 79.2 Å². The molecule has 2 heterocycles. The molecule has 0 aliphatic carbocycles. The molecule has 2 amide bonds. The summed E-state index contributed by atoms with van der Waals surface area (Å²) in [6.45, 7) is 4.67. The van der Waals surface area contributed by atoms with E-state index in [1.165, 1.54) is 0 Å². The molecule has 0 bridgehead atoms. The molecule has 16 nitrogen and oxygen atoms in total. The highest BCUT2D eigenvalue weighted by atomic mass is 16.8. The molecule has 2 saturated heterocycles. The summed E-state index contributed by atoms with van der Waals surface area (Å²) in [5.74, 6) is 0. The van der Waals surface area contributed by atoms with Crippen molar-refractivity contribution in [3.63, 3.8) is 0 Å². The Hall–Kier alpha value is -3.08. The summed E-state index contributed by atoms with van der Waals surface area (Å²) in [6.07, 6.45) is 0.424. The number of hydrogen-bond acceptors (Lipinski definition) is 14. The van der Waals surface area contributed by atoms with Crippen molar-refractivity contribution in [3.8, 4) is 0 Å². The van der Waals surface area contributed by atoms with Gasteiger partial charge in [0.15, 0.2) is 12.2 Å². The third-order valence-electron chi connectivity index (χ3n) is 7.56. The van der Waals surface area contributed by atoms with Gasteiger partial charge in [-0.3, -0.25) is 0 Å². The second-order valence-corrected chi connectivity index (χ2v) is 11.1. The molecule has 2 fully saturated rings. The summed E-state index contributed by atoms with van der Waals surface area (Å²) in [6, 6.07) is 0. The number of carbonyl (C=O) groups excluding carboxylic acids is 4. The van der Waals surface area contributed by atoms with Crippen molar-refractivity contribution >= 4 is 24.5 Å². The van der Waals surface area contributed by atoms with Crippen LogP contribution in [0.15, 0.2) is 0 Å². The van der Waals surface area contributed by atoms with E-state index in [9.17, 15) is 29.4 Å². The standard InChI is InChI=1S/C28H48N2O14/c1-3-27(15-31,17-37-11-21-13-39-25(35)43-21)19-41-23(33)29-9-7-5-6-8-10-30-24(34)42-20-28(4-2,16-32)18-38-12-22-14-40-26(36)44-22/h21-22,31-32H,3-20H2,1-2H3,(H,29,33)(H,30,34). The van der Waals surface area contributed by atoms with Crippen LogP contribution in [-0.4, -0.2) is 126 Å². The van der Waals surface area contributed by atoms with Crippen molar-refractivity contribution in [2.45, 2.75) is 64.6 Å². The SMILES string of the molecule is CCC(CO)(COCC1COC(=O)O1)COC(=O)NCCCCCCNC(=O)OCC(CC)(CO)COCC1COC(=O)O1. The Kier molecular flexibility index (Phi) is 16.9. The van der Waals surface area contributed by atoms with Gasteiger partial charge in [-0.05, 0) is 25.7 Å². The molecule has 254 valence electrons. The molecule has 0 aromatic carbocycles. The number of rotatable bonds is 23. The zero-order valence-electron chi connectivity index (χ0n) is 25.7. The quantitative estimate of drug-likeness (QED) is 0.0718. The van der Waals surface area contributed by atoms with E-state index in [2.05, 4.69) is 10.6 Å². The summed E-state index contributed by atoms with van der Waals surface area (Å²) >= 11 is 0. The monoisotopic (exact) mass is 636 g/mol. The van der Waals surface area contributed by atoms with Gasteiger partial charge in [-0.1, -0.05) is 26.7 Å². The van der Waals surface area contributed by atoms with Gasteiger partial charge in [0.25, 0.3) is 0 Å². The number of amides is 2. The molecule has 0 radical (unpaired) electrons. The lowest BCUT2D eigenvalue weighted by Gasteiger charge is -2.30. The maximum Gasteiger partial charge on any atom is 0.508 e. The maximum atomic E-state index is 12.1. The van der Waals surface area contributed by atoms with E-state index in [1.54, 1.807) is 0 Å². The van der Waals surface area contributed by atoms with Crippen LogP contribution in [0.2, 0.25) is 0 Å². The molecule has 2 aliphatic rings. The Labute approximate surface area is 257 Å². The van der Waals surface area contributed by atoms with Crippen molar-refractivity contribution in [2.24, 2.45) is 10.8 Å². The van der Waals surface area contributed by atoms with Gasteiger partial charge in [-0.25, -0.2) is 19.2 Å². The number of hydrogen-bond donors (Lipinski definition) is 4. The van der Waals surface area contributed by atoms with Gasteiger partial charge in [-0.15, -0.1) is 0 Å². The summed E-state index contributed by atoms with van der Waals surface area (Å²) in [7, 11) is 0. The zero-order chi connectivity index (χ0) is 32.3. The number of aliphatic hydroxyl groups excluding tert-OH is 2. The highest BCUT2D eigenvalue weighted by Gasteiger charge is 2.33. The molecule has 0 aromatic heterocycles. The number of aliphatic hydroxyl groups is 2. The van der Waals surface area contributed by atoms with Crippen molar-refractivity contribution < 1.29 is 67.3 Å². The number of carbonyl (C=O) groups is 4. The first kappa shape index (κ1) is 37.1. The fraction of sp³-hybridized carbons (Fsp3) is 0.857. The van der Waals surface area contributed by atoms with E-state index in [-0.39, 0.29) is 66.1 Å². The van der Waals surface area contributed by atoms with Gasteiger partial charge in [0.05, 0.1) is 50.5 Å². The van der Waals surface area contributed by atoms with E-state index in [4.69, 9.17) is 37.9 Å². The maximum absolute atomic E-state index is 12.1. The van der Waals surface area contributed by atoms with E-state index in [1.807, 2.05) is 13.8 Å². The van der Waals surface area contributed by atoms with E-state index in [0.717, 1.165) is 12.8 Å². The molecular weight excluding hydrogens is 588 g/mol. The number of alkyl carbamates (subject to hydrolysis) is 2. The zero-order valence-corrected chi connectivity index (χ0v) is 25.7. The Bertz CT molecular complexity index is 810. The summed E-state index contributed by atoms with van der Waals surface area (Å²) in [5, 5.41) is 25.1. The van der Waals surface area contributed by atoms with Crippen LogP contribution in [0.5, 0.6) is 0 Å². The Morgan fingerprint density at radius 1 is 0.727 bits per heavy atom. The third kappa shape index (κ3) is 13.7. The Morgan fingerprint density at radius 2 is 1.14 bits per heavy atom. The summed E-state index contributed by atoms with van der Waals surface area (Å²) in [5.41, 5.74) is -1.55. The molecule has 4 unspecified atom stereocenters. The Morgan fingerprint density at radius 3 is 1.45 bits per heavy atom. The highest BCUT2D eigenvalue weighted by Crippen LogP contribution is 2.24. The number of ether oxygens (including phenoxy) is 8. The van der Waals surface area contributed by atoms with Crippen molar-refractivity contribution in [3.05, 3.63) is 0 Å². The van der Waals surface area contributed by atoms with Crippen LogP contribution >= 0.6 is 0 Å². The molecule has 0 spiro atoms. The van der Waals surface area contributed by atoms with Crippen LogP contribution in [0.3, 0.4) is 0 Å². The second-order valence-electron chi connectivity index (χ2n) is 11.1. The van der Waals surface area contributed by atoms with Gasteiger partial charge in [0.1, 0.15) is 26.4 Å². The number of nitrogens with one attached hydrogen (secondary N) is 2. The first-order chi connectivity index (χ1) is 21.2. The van der Waals surface area contributed by atoms with Crippen molar-refractivity contribution in [1.29, 1.82) is 0 Å². The van der Waals surface area contributed by atoms with Crippen molar-refractivity contribution in [1.82, 2.24) is 10.6 Å². The summed E-state index contributed by atoms with van der Waals surface area (Å²) in [4.78, 5) is 46.2. The molecule has 2 aliphatic heterocycles. The van der Waals surface area contributed by atoms with E-state index < -0.39 is 47.5 Å². The molecule has 4 N–H and O–H groups in total. The van der Waals surface area contributed by atoms with Crippen LogP contribution in [-0.2, 0) is 37.9 Å². The smallest absolute Gasteiger partial charge is 0.449 e. The minimum absolute atomic E-state index is 0.0354. The topological polar surface area (TPSA) is 207 Å². The van der Waals surface area contributed by atoms with Crippen LogP contribution in [0.1, 0.15) is 52.4 Å². The first-order valence-electron chi connectivity index (χ1n) is 15.0. The predicted molar refractivity (Wildman–Crippen MR) is 151 cm³/mol. The predicted octanol–water partition coefficient (Wildman–Crippen LogP) is 1.88. The van der Waals surface area contributed by atoms with Crippen LogP contribution in [0.4, 0.5) is 19.2 Å². The second kappa shape index (κ2) is 20.0. The molecule has 44 heavy (non-hydrogen) atoms. The van der Waals surface area contributed by atoms with Crippen LogP contribution < -0.4 is 10.6 Å². The highest BCUT2D eigenvalue weighted by molar-refractivity contribution is 5.67.